The van der Waals surface area contributed by atoms with Gasteiger partial charge in [-0.2, -0.15) is 5.10 Å². The lowest BCUT2D eigenvalue weighted by Gasteiger charge is -2.02. The molecule has 1 atom stereocenters. The fourth-order valence-corrected chi connectivity index (χ4v) is 2.45. The van der Waals surface area contributed by atoms with Gasteiger partial charge in [-0.3, -0.25) is 0 Å². The topological polar surface area (TPSA) is 68.5 Å². The van der Waals surface area contributed by atoms with E-state index in [0.29, 0.717) is 17.1 Å². The number of ether oxygens (including phenoxy) is 1. The second-order valence-corrected chi connectivity index (χ2v) is 4.77. The Morgan fingerprint density at radius 1 is 1.63 bits per heavy atom. The fourth-order valence-electron chi connectivity index (χ4n) is 2.45. The van der Waals surface area contributed by atoms with E-state index in [1.165, 1.54) is 7.11 Å². The predicted molar refractivity (Wildman–Crippen MR) is 69.0 cm³/mol. The number of fused-ring (bicyclic) bond motifs is 1. The fraction of sp³-hybridized carbons (Fsp3) is 0.462. The molecule has 0 radical (unpaired) electrons. The van der Waals surface area contributed by atoms with Crippen LogP contribution in [0.25, 0.3) is 5.65 Å². The highest BCUT2D eigenvalue weighted by Gasteiger charge is 2.19. The van der Waals surface area contributed by atoms with Crippen molar-refractivity contribution in [2.45, 2.75) is 12.8 Å². The summed E-state index contributed by atoms with van der Waals surface area (Å²) in [5, 5.41) is 7.75. The molecular weight excluding hydrogens is 244 g/mol. The molecule has 0 aromatic carbocycles. The van der Waals surface area contributed by atoms with Gasteiger partial charge in [-0.1, -0.05) is 0 Å². The maximum absolute atomic E-state index is 11.7. The normalized spacial score (nSPS) is 18.9. The second-order valence-electron chi connectivity index (χ2n) is 4.77. The van der Waals surface area contributed by atoms with E-state index in [1.54, 1.807) is 22.8 Å². The van der Waals surface area contributed by atoms with Crippen molar-refractivity contribution in [1.82, 2.24) is 19.9 Å². The van der Waals surface area contributed by atoms with Crippen LogP contribution in [0, 0.1) is 5.92 Å². The van der Waals surface area contributed by atoms with Crippen LogP contribution in [0.4, 0.5) is 0 Å². The summed E-state index contributed by atoms with van der Waals surface area (Å²) < 4.78 is 6.40. The highest BCUT2D eigenvalue weighted by molar-refractivity contribution is 5.95. The highest BCUT2D eigenvalue weighted by Crippen LogP contribution is 2.15. The first kappa shape index (κ1) is 12.1. The summed E-state index contributed by atoms with van der Waals surface area (Å²) in [7, 11) is 1.37. The summed E-state index contributed by atoms with van der Waals surface area (Å²) in [6.07, 6.45) is 3.79. The van der Waals surface area contributed by atoms with Crippen LogP contribution in [-0.2, 0) is 11.2 Å². The average Bonchev–Trinajstić information content (AvgIpc) is 3.06. The van der Waals surface area contributed by atoms with Crippen molar-refractivity contribution in [2.24, 2.45) is 5.92 Å². The quantitative estimate of drug-likeness (QED) is 0.821. The van der Waals surface area contributed by atoms with Crippen LogP contribution in [0.2, 0.25) is 0 Å². The molecule has 19 heavy (non-hydrogen) atoms. The van der Waals surface area contributed by atoms with Gasteiger partial charge in [-0.25, -0.2) is 14.3 Å². The molecule has 1 fully saturated rings. The van der Waals surface area contributed by atoms with Gasteiger partial charge >= 0.3 is 5.97 Å². The lowest BCUT2D eigenvalue weighted by atomic mass is 10.1. The standard InChI is InChI=1S/C13H16N4O2/c1-19-13(18)10-3-2-6-17-12(10)15-11(16-17)7-9-4-5-14-8-9/h2-3,6,9,14H,4-5,7-8H2,1H3. The first-order valence-electron chi connectivity index (χ1n) is 6.41. The molecule has 1 aliphatic rings. The molecule has 0 amide bonds. The van der Waals surface area contributed by atoms with Crippen LogP contribution in [0.15, 0.2) is 18.3 Å². The lowest BCUT2D eigenvalue weighted by Crippen LogP contribution is -2.11. The summed E-state index contributed by atoms with van der Waals surface area (Å²) in [5.74, 6) is 0.983. The minimum atomic E-state index is -0.382. The second kappa shape index (κ2) is 4.97. The zero-order chi connectivity index (χ0) is 13.2. The van der Waals surface area contributed by atoms with E-state index in [2.05, 4.69) is 15.4 Å². The number of esters is 1. The lowest BCUT2D eigenvalue weighted by molar-refractivity contribution is 0.0602. The number of methoxy groups -OCH3 is 1. The summed E-state index contributed by atoms with van der Waals surface area (Å²) in [4.78, 5) is 16.1. The molecule has 2 aromatic rings. The molecule has 6 nitrogen and oxygen atoms in total. The Morgan fingerprint density at radius 2 is 2.53 bits per heavy atom. The Balaban J connectivity index is 1.93. The molecule has 3 rings (SSSR count). The van der Waals surface area contributed by atoms with Gasteiger partial charge in [0.05, 0.1) is 7.11 Å². The van der Waals surface area contributed by atoms with Gasteiger partial charge in [0.1, 0.15) is 5.56 Å². The predicted octanol–water partition coefficient (Wildman–Crippen LogP) is 0.668. The van der Waals surface area contributed by atoms with Crippen LogP contribution in [0.3, 0.4) is 0 Å². The van der Waals surface area contributed by atoms with E-state index in [-0.39, 0.29) is 5.97 Å². The number of aromatic nitrogens is 3. The van der Waals surface area contributed by atoms with Crippen molar-refractivity contribution in [3.05, 3.63) is 29.7 Å². The van der Waals surface area contributed by atoms with E-state index in [1.807, 2.05) is 0 Å². The van der Waals surface area contributed by atoms with E-state index in [9.17, 15) is 4.79 Å². The Kier molecular flexibility index (Phi) is 3.16. The van der Waals surface area contributed by atoms with Crippen molar-refractivity contribution in [2.75, 3.05) is 20.2 Å². The summed E-state index contributed by atoms with van der Waals surface area (Å²) in [5.41, 5.74) is 1.02. The molecule has 0 aliphatic carbocycles. The maximum atomic E-state index is 11.7. The minimum absolute atomic E-state index is 0.382. The van der Waals surface area contributed by atoms with Crippen molar-refractivity contribution in [3.63, 3.8) is 0 Å². The van der Waals surface area contributed by atoms with Crippen molar-refractivity contribution < 1.29 is 9.53 Å². The molecule has 6 heteroatoms. The van der Waals surface area contributed by atoms with Gasteiger partial charge in [0.15, 0.2) is 11.5 Å². The number of pyridine rings is 1. The molecule has 0 saturated carbocycles. The molecule has 3 heterocycles. The van der Waals surface area contributed by atoms with E-state index in [0.717, 1.165) is 31.8 Å². The van der Waals surface area contributed by atoms with Gasteiger partial charge < -0.3 is 10.1 Å². The molecule has 2 aromatic heterocycles. The number of nitrogens with zero attached hydrogens (tertiary/aromatic N) is 3. The molecule has 0 bridgehead atoms. The number of hydrogen-bond donors (Lipinski definition) is 1. The van der Waals surface area contributed by atoms with Gasteiger partial charge in [0, 0.05) is 12.6 Å². The number of rotatable bonds is 3. The third kappa shape index (κ3) is 2.31. The third-order valence-electron chi connectivity index (χ3n) is 3.45. The molecule has 1 aliphatic heterocycles. The summed E-state index contributed by atoms with van der Waals surface area (Å²) in [6.45, 7) is 2.07. The van der Waals surface area contributed by atoms with E-state index in [4.69, 9.17) is 4.74 Å². The zero-order valence-electron chi connectivity index (χ0n) is 10.8. The first-order chi connectivity index (χ1) is 9.28. The number of carbonyl (C=O) groups excluding carboxylic acids is 1. The third-order valence-corrected chi connectivity index (χ3v) is 3.45. The molecule has 0 spiro atoms. The number of hydrogen-bond acceptors (Lipinski definition) is 5. The average molecular weight is 260 g/mol. The largest absolute Gasteiger partial charge is 0.465 e. The first-order valence-corrected chi connectivity index (χ1v) is 6.41. The summed E-state index contributed by atoms with van der Waals surface area (Å²) in [6, 6.07) is 3.48. The Morgan fingerprint density at radius 3 is 3.26 bits per heavy atom. The van der Waals surface area contributed by atoms with Gasteiger partial charge in [0.25, 0.3) is 0 Å². The van der Waals surface area contributed by atoms with Crippen molar-refractivity contribution in [1.29, 1.82) is 0 Å². The van der Waals surface area contributed by atoms with Crippen LogP contribution in [0.5, 0.6) is 0 Å². The zero-order valence-corrected chi connectivity index (χ0v) is 10.8. The van der Waals surface area contributed by atoms with E-state index < -0.39 is 0 Å². The minimum Gasteiger partial charge on any atom is -0.465 e. The summed E-state index contributed by atoms with van der Waals surface area (Å²) >= 11 is 0. The Bertz CT molecular complexity index is 602. The van der Waals surface area contributed by atoms with Crippen LogP contribution in [0.1, 0.15) is 22.6 Å². The SMILES string of the molecule is COC(=O)c1cccn2nc(CC3CCNC3)nc12. The molecule has 1 saturated heterocycles. The maximum Gasteiger partial charge on any atom is 0.341 e. The highest BCUT2D eigenvalue weighted by atomic mass is 16.5. The molecule has 1 N–H and O–H groups in total. The van der Waals surface area contributed by atoms with Gasteiger partial charge in [-0.05, 0) is 37.6 Å². The molecular formula is C13H16N4O2. The number of carbonyl (C=O) groups is 1. The van der Waals surface area contributed by atoms with Crippen molar-refractivity contribution in [3.8, 4) is 0 Å². The monoisotopic (exact) mass is 260 g/mol. The van der Waals surface area contributed by atoms with E-state index >= 15 is 0 Å². The smallest absolute Gasteiger partial charge is 0.341 e. The van der Waals surface area contributed by atoms with Crippen LogP contribution in [-0.4, -0.2) is 40.8 Å². The van der Waals surface area contributed by atoms with Crippen molar-refractivity contribution >= 4 is 11.6 Å². The van der Waals surface area contributed by atoms with Crippen LogP contribution >= 0.6 is 0 Å². The Hall–Kier alpha value is -1.95. The van der Waals surface area contributed by atoms with Gasteiger partial charge in [0.2, 0.25) is 0 Å². The van der Waals surface area contributed by atoms with Crippen LogP contribution < -0.4 is 5.32 Å². The molecule has 100 valence electrons. The van der Waals surface area contributed by atoms with Gasteiger partial charge in [-0.15, -0.1) is 0 Å². The number of nitrogens with one attached hydrogen (secondary N) is 1. The Labute approximate surface area is 110 Å². The molecule has 1 unspecified atom stereocenters.